The molecule has 1 aromatic rings. The maximum absolute atomic E-state index is 11.3. The van der Waals surface area contributed by atoms with Crippen molar-refractivity contribution in [3.05, 3.63) is 24.3 Å². The highest BCUT2D eigenvalue weighted by molar-refractivity contribution is 8.00. The van der Waals surface area contributed by atoms with Crippen LogP contribution in [-0.2, 0) is 9.53 Å². The van der Waals surface area contributed by atoms with Gasteiger partial charge in [0.05, 0.1) is 7.11 Å². The Morgan fingerprint density at radius 1 is 1.57 bits per heavy atom. The molecule has 1 unspecified atom stereocenters. The molecule has 0 aliphatic carbocycles. The number of nitrogens with one attached hydrogen (secondary N) is 1. The van der Waals surface area contributed by atoms with E-state index in [-0.39, 0.29) is 11.2 Å². The van der Waals surface area contributed by atoms with Gasteiger partial charge in [-0.1, -0.05) is 12.1 Å². The number of esters is 1. The molecule has 1 N–H and O–H groups in total. The van der Waals surface area contributed by atoms with Crippen LogP contribution in [0.3, 0.4) is 0 Å². The van der Waals surface area contributed by atoms with Gasteiger partial charge in [0.1, 0.15) is 5.25 Å². The summed E-state index contributed by atoms with van der Waals surface area (Å²) in [5, 5.41) is 3.08. The Labute approximate surface area is 86.8 Å². The molecule has 4 heteroatoms. The van der Waals surface area contributed by atoms with Crippen LogP contribution in [0.25, 0.3) is 0 Å². The molecule has 0 saturated heterocycles. The number of para-hydroxylation sites is 1. The zero-order valence-corrected chi connectivity index (χ0v) is 8.64. The highest BCUT2D eigenvalue weighted by Gasteiger charge is 2.25. The number of rotatable bonds is 1. The van der Waals surface area contributed by atoms with E-state index < -0.39 is 0 Å². The Bertz CT molecular complexity index is 354. The first-order chi connectivity index (χ1) is 6.81. The van der Waals surface area contributed by atoms with Crippen LogP contribution in [0, 0.1) is 0 Å². The topological polar surface area (TPSA) is 38.3 Å². The second-order valence-electron chi connectivity index (χ2n) is 3.01. The summed E-state index contributed by atoms with van der Waals surface area (Å²) >= 11 is 1.55. The summed E-state index contributed by atoms with van der Waals surface area (Å²) in [5.41, 5.74) is 1.10. The Morgan fingerprint density at radius 2 is 2.36 bits per heavy atom. The molecule has 0 fully saturated rings. The predicted molar refractivity (Wildman–Crippen MR) is 56.6 cm³/mol. The van der Waals surface area contributed by atoms with E-state index in [1.807, 2.05) is 24.3 Å². The fraction of sp³-hybridized carbons (Fsp3) is 0.300. The molecule has 1 aliphatic rings. The van der Waals surface area contributed by atoms with Gasteiger partial charge in [0.15, 0.2) is 0 Å². The zero-order valence-electron chi connectivity index (χ0n) is 7.82. The Morgan fingerprint density at radius 3 is 3.14 bits per heavy atom. The number of hydrogen-bond acceptors (Lipinski definition) is 4. The summed E-state index contributed by atoms with van der Waals surface area (Å²) < 4.78 is 4.70. The van der Waals surface area contributed by atoms with Gasteiger partial charge in [0.25, 0.3) is 0 Å². The molecular weight excluding hydrogens is 198 g/mol. The molecule has 0 spiro atoms. The van der Waals surface area contributed by atoms with E-state index in [1.165, 1.54) is 7.11 Å². The number of methoxy groups -OCH3 is 1. The lowest BCUT2D eigenvalue weighted by molar-refractivity contribution is -0.139. The molecule has 74 valence electrons. The molecule has 1 heterocycles. The van der Waals surface area contributed by atoms with Crippen molar-refractivity contribution < 1.29 is 9.53 Å². The lowest BCUT2D eigenvalue weighted by atomic mass is 10.3. The normalized spacial score (nSPS) is 19.4. The molecule has 0 bridgehead atoms. The first-order valence-corrected chi connectivity index (χ1v) is 5.26. The standard InChI is InChI=1S/C10H11NO2S/c1-13-10(12)9-6-11-7-4-2-3-5-8(7)14-9/h2-5,9,11H,6H2,1H3. The highest BCUT2D eigenvalue weighted by Crippen LogP contribution is 2.34. The van der Waals surface area contributed by atoms with Crippen molar-refractivity contribution in [2.45, 2.75) is 10.1 Å². The van der Waals surface area contributed by atoms with E-state index in [4.69, 9.17) is 4.74 Å². The molecule has 2 rings (SSSR count). The predicted octanol–water partition coefficient (Wildman–Crippen LogP) is 1.75. The summed E-state index contributed by atoms with van der Waals surface area (Å²) in [4.78, 5) is 12.4. The minimum Gasteiger partial charge on any atom is -0.468 e. The van der Waals surface area contributed by atoms with Gasteiger partial charge >= 0.3 is 5.97 Å². The molecule has 0 aromatic heterocycles. The van der Waals surface area contributed by atoms with Crippen LogP contribution in [-0.4, -0.2) is 24.9 Å². The van der Waals surface area contributed by atoms with Crippen molar-refractivity contribution in [3.63, 3.8) is 0 Å². The maximum atomic E-state index is 11.3. The van der Waals surface area contributed by atoms with Gasteiger partial charge in [-0.05, 0) is 12.1 Å². The summed E-state index contributed by atoms with van der Waals surface area (Å²) in [6.07, 6.45) is 0. The maximum Gasteiger partial charge on any atom is 0.320 e. The monoisotopic (exact) mass is 209 g/mol. The van der Waals surface area contributed by atoms with Crippen LogP contribution in [0.2, 0.25) is 0 Å². The SMILES string of the molecule is COC(=O)C1CNc2ccccc2S1. The number of benzene rings is 1. The number of thioether (sulfide) groups is 1. The molecular formula is C10H11NO2S. The minimum atomic E-state index is -0.169. The van der Waals surface area contributed by atoms with Gasteiger partial charge in [-0.2, -0.15) is 0 Å². The van der Waals surface area contributed by atoms with Crippen molar-refractivity contribution in [2.24, 2.45) is 0 Å². The van der Waals surface area contributed by atoms with Gasteiger partial charge in [0.2, 0.25) is 0 Å². The third-order valence-electron chi connectivity index (χ3n) is 2.10. The van der Waals surface area contributed by atoms with Gasteiger partial charge < -0.3 is 10.1 Å². The first-order valence-electron chi connectivity index (χ1n) is 4.38. The number of ether oxygens (including phenoxy) is 1. The Balaban J connectivity index is 2.17. The second-order valence-corrected chi connectivity index (χ2v) is 4.25. The van der Waals surface area contributed by atoms with Gasteiger partial charge in [-0.3, -0.25) is 4.79 Å². The van der Waals surface area contributed by atoms with E-state index in [9.17, 15) is 4.79 Å². The van der Waals surface area contributed by atoms with Crippen molar-refractivity contribution in [1.82, 2.24) is 0 Å². The summed E-state index contributed by atoms with van der Waals surface area (Å²) in [7, 11) is 1.42. The van der Waals surface area contributed by atoms with Crippen LogP contribution in [0.15, 0.2) is 29.2 Å². The minimum absolute atomic E-state index is 0.130. The van der Waals surface area contributed by atoms with E-state index in [0.29, 0.717) is 6.54 Å². The lowest BCUT2D eigenvalue weighted by Crippen LogP contribution is -2.29. The van der Waals surface area contributed by atoms with Gasteiger partial charge in [-0.25, -0.2) is 0 Å². The third-order valence-corrected chi connectivity index (χ3v) is 3.35. The zero-order chi connectivity index (χ0) is 9.97. The number of fused-ring (bicyclic) bond motifs is 1. The number of hydrogen-bond donors (Lipinski definition) is 1. The van der Waals surface area contributed by atoms with E-state index in [0.717, 1.165) is 10.6 Å². The molecule has 1 aliphatic heterocycles. The number of anilines is 1. The largest absolute Gasteiger partial charge is 0.468 e. The second kappa shape index (κ2) is 3.92. The average molecular weight is 209 g/mol. The average Bonchev–Trinajstić information content (AvgIpc) is 2.27. The van der Waals surface area contributed by atoms with Gasteiger partial charge in [-0.15, -0.1) is 11.8 Å². The quantitative estimate of drug-likeness (QED) is 0.715. The molecule has 0 radical (unpaired) electrons. The summed E-state index contributed by atoms with van der Waals surface area (Å²) in [6.45, 7) is 0.633. The van der Waals surface area contributed by atoms with E-state index in [1.54, 1.807) is 11.8 Å². The molecule has 3 nitrogen and oxygen atoms in total. The van der Waals surface area contributed by atoms with Crippen molar-refractivity contribution in [3.8, 4) is 0 Å². The molecule has 0 amide bonds. The number of carbonyl (C=O) groups excluding carboxylic acids is 1. The van der Waals surface area contributed by atoms with Crippen LogP contribution < -0.4 is 5.32 Å². The van der Waals surface area contributed by atoms with Crippen LogP contribution in [0.5, 0.6) is 0 Å². The fourth-order valence-corrected chi connectivity index (χ4v) is 2.47. The third kappa shape index (κ3) is 1.70. The smallest absolute Gasteiger partial charge is 0.320 e. The Kier molecular flexibility index (Phi) is 2.63. The fourth-order valence-electron chi connectivity index (χ4n) is 1.38. The van der Waals surface area contributed by atoms with Crippen molar-refractivity contribution in [1.29, 1.82) is 0 Å². The molecule has 0 saturated carbocycles. The van der Waals surface area contributed by atoms with E-state index in [2.05, 4.69) is 5.32 Å². The molecule has 1 atom stereocenters. The van der Waals surface area contributed by atoms with Crippen LogP contribution >= 0.6 is 11.8 Å². The lowest BCUT2D eigenvalue weighted by Gasteiger charge is -2.23. The molecule has 1 aromatic carbocycles. The Hall–Kier alpha value is -1.16. The number of carbonyl (C=O) groups is 1. The van der Waals surface area contributed by atoms with Crippen molar-refractivity contribution >= 4 is 23.4 Å². The molecule has 14 heavy (non-hydrogen) atoms. The van der Waals surface area contributed by atoms with Gasteiger partial charge in [0, 0.05) is 17.1 Å². The summed E-state index contributed by atoms with van der Waals surface area (Å²) in [5.74, 6) is -0.169. The van der Waals surface area contributed by atoms with E-state index >= 15 is 0 Å². The first kappa shape index (κ1) is 9.40. The van der Waals surface area contributed by atoms with Crippen LogP contribution in [0.4, 0.5) is 5.69 Å². The highest BCUT2D eigenvalue weighted by atomic mass is 32.2. The van der Waals surface area contributed by atoms with Crippen LogP contribution in [0.1, 0.15) is 0 Å². The summed E-state index contributed by atoms with van der Waals surface area (Å²) in [6, 6.07) is 7.95. The van der Waals surface area contributed by atoms with Crippen molar-refractivity contribution in [2.75, 3.05) is 19.0 Å².